The molecule has 2 rings (SSSR count). The first-order valence-corrected chi connectivity index (χ1v) is 4.51. The van der Waals surface area contributed by atoms with Crippen molar-refractivity contribution in [3.63, 3.8) is 0 Å². The average molecular weight is 211 g/mol. The van der Waals surface area contributed by atoms with Gasteiger partial charge in [-0.15, -0.1) is 0 Å². The third-order valence-corrected chi connectivity index (χ3v) is 2.45. The lowest BCUT2D eigenvalue weighted by molar-refractivity contribution is 0.0155. The highest BCUT2D eigenvalue weighted by Gasteiger charge is 2.36. The summed E-state index contributed by atoms with van der Waals surface area (Å²) in [5.74, 6) is -0.490. The zero-order chi connectivity index (χ0) is 11.0. The Hall–Kier alpha value is -1.62. The van der Waals surface area contributed by atoms with Crippen molar-refractivity contribution in [2.75, 3.05) is 0 Å². The topological polar surface area (TPSA) is 72.6 Å². The maximum absolute atomic E-state index is 13.4. The Bertz CT molecular complexity index is 408. The van der Waals surface area contributed by atoms with Crippen molar-refractivity contribution in [2.45, 2.75) is 18.6 Å². The minimum atomic E-state index is -1.02. The molecule has 1 aromatic rings. The highest BCUT2D eigenvalue weighted by molar-refractivity contribution is 5.65. The van der Waals surface area contributed by atoms with Gasteiger partial charge >= 0.3 is 6.09 Å². The van der Waals surface area contributed by atoms with Gasteiger partial charge in [0.2, 0.25) is 0 Å². The monoisotopic (exact) mass is 211 g/mol. The number of primary amides is 1. The number of fused-ring (bicyclic) bond motifs is 1. The number of carbonyl (C=O) groups excluding carboxylic acids is 1. The van der Waals surface area contributed by atoms with Crippen molar-refractivity contribution in [1.82, 2.24) is 0 Å². The van der Waals surface area contributed by atoms with Crippen LogP contribution in [0.15, 0.2) is 18.2 Å². The largest absolute Gasteiger partial charge is 0.439 e. The molecule has 5 heteroatoms. The van der Waals surface area contributed by atoms with E-state index >= 15 is 0 Å². The SMILES string of the molecule is NC(=O)O[C@@H]1c2c(F)cccc2C[C@@H]1O. The zero-order valence-corrected chi connectivity index (χ0v) is 7.81. The molecule has 0 heterocycles. The van der Waals surface area contributed by atoms with E-state index in [0.29, 0.717) is 5.56 Å². The molecule has 2 atom stereocenters. The van der Waals surface area contributed by atoms with Gasteiger partial charge in [-0.3, -0.25) is 0 Å². The van der Waals surface area contributed by atoms with Crippen LogP contribution < -0.4 is 5.73 Å². The Labute approximate surface area is 85.5 Å². The molecule has 0 spiro atoms. The van der Waals surface area contributed by atoms with Gasteiger partial charge in [0.05, 0.1) is 6.10 Å². The molecule has 1 aromatic carbocycles. The van der Waals surface area contributed by atoms with Gasteiger partial charge in [0.25, 0.3) is 0 Å². The van der Waals surface area contributed by atoms with E-state index < -0.39 is 24.1 Å². The van der Waals surface area contributed by atoms with E-state index in [-0.39, 0.29) is 12.0 Å². The standard InChI is InChI=1S/C10H10FNO3/c11-6-3-1-2-5-4-7(13)9(8(5)6)15-10(12)14/h1-3,7,9,13H,4H2,(H2,12,14)/t7-,9-/m0/s1. The number of benzene rings is 1. The molecule has 0 fully saturated rings. The van der Waals surface area contributed by atoms with Crippen molar-refractivity contribution in [2.24, 2.45) is 5.73 Å². The second kappa shape index (κ2) is 3.51. The van der Waals surface area contributed by atoms with Gasteiger partial charge in [0.1, 0.15) is 5.82 Å². The summed E-state index contributed by atoms with van der Waals surface area (Å²) in [6.45, 7) is 0. The van der Waals surface area contributed by atoms with Crippen molar-refractivity contribution in [3.05, 3.63) is 35.1 Å². The Morgan fingerprint density at radius 1 is 1.60 bits per heavy atom. The van der Waals surface area contributed by atoms with Gasteiger partial charge in [-0.1, -0.05) is 12.1 Å². The minimum absolute atomic E-state index is 0.226. The zero-order valence-electron chi connectivity index (χ0n) is 7.81. The first kappa shape index (κ1) is 9.92. The molecule has 0 saturated carbocycles. The molecular weight excluding hydrogens is 201 g/mol. The number of carbonyl (C=O) groups is 1. The predicted molar refractivity (Wildman–Crippen MR) is 49.5 cm³/mol. The smallest absolute Gasteiger partial charge is 0.405 e. The summed E-state index contributed by atoms with van der Waals surface area (Å²) in [6.07, 6.45) is -2.66. The Morgan fingerprint density at radius 2 is 2.33 bits per heavy atom. The molecule has 0 aliphatic heterocycles. The van der Waals surface area contributed by atoms with Gasteiger partial charge in [-0.2, -0.15) is 0 Å². The summed E-state index contributed by atoms with van der Waals surface area (Å²) in [5, 5.41) is 9.58. The number of rotatable bonds is 1. The van der Waals surface area contributed by atoms with Gasteiger partial charge in [0.15, 0.2) is 6.10 Å². The summed E-state index contributed by atoms with van der Waals surface area (Å²) in [5.41, 5.74) is 5.72. The molecule has 1 amide bonds. The summed E-state index contributed by atoms with van der Waals surface area (Å²) in [4.78, 5) is 10.6. The number of hydrogen-bond donors (Lipinski definition) is 2. The highest BCUT2D eigenvalue weighted by atomic mass is 19.1. The molecule has 0 bridgehead atoms. The van der Waals surface area contributed by atoms with E-state index in [1.807, 2.05) is 0 Å². The molecule has 1 aliphatic rings. The lowest BCUT2D eigenvalue weighted by Crippen LogP contribution is -2.23. The summed E-state index contributed by atoms with van der Waals surface area (Å²) in [6, 6.07) is 4.49. The minimum Gasteiger partial charge on any atom is -0.439 e. The summed E-state index contributed by atoms with van der Waals surface area (Å²) < 4.78 is 18.1. The number of halogens is 1. The molecule has 0 unspecified atom stereocenters. The molecule has 1 aliphatic carbocycles. The van der Waals surface area contributed by atoms with E-state index in [1.54, 1.807) is 12.1 Å². The number of aliphatic hydroxyl groups is 1. The van der Waals surface area contributed by atoms with Gasteiger partial charge in [0, 0.05) is 12.0 Å². The highest BCUT2D eigenvalue weighted by Crippen LogP contribution is 2.35. The molecule has 15 heavy (non-hydrogen) atoms. The van der Waals surface area contributed by atoms with Gasteiger partial charge in [-0.05, 0) is 11.6 Å². The number of ether oxygens (including phenoxy) is 1. The average Bonchev–Trinajstić information content (AvgIpc) is 2.43. The van der Waals surface area contributed by atoms with E-state index in [4.69, 9.17) is 5.73 Å². The van der Waals surface area contributed by atoms with Crippen LogP contribution in [0.4, 0.5) is 9.18 Å². The Morgan fingerprint density at radius 3 is 3.00 bits per heavy atom. The first-order chi connectivity index (χ1) is 7.09. The van der Waals surface area contributed by atoms with Gasteiger partial charge in [-0.25, -0.2) is 9.18 Å². The summed E-state index contributed by atoms with van der Waals surface area (Å²) in [7, 11) is 0. The van der Waals surface area contributed by atoms with Crippen LogP contribution in [0.3, 0.4) is 0 Å². The van der Waals surface area contributed by atoms with Crippen LogP contribution in [-0.4, -0.2) is 17.3 Å². The molecule has 0 radical (unpaired) electrons. The fourth-order valence-electron chi connectivity index (χ4n) is 1.87. The second-order valence-corrected chi connectivity index (χ2v) is 3.44. The molecule has 0 saturated heterocycles. The number of hydrogen-bond acceptors (Lipinski definition) is 3. The summed E-state index contributed by atoms with van der Waals surface area (Å²) >= 11 is 0. The van der Waals surface area contributed by atoms with E-state index in [2.05, 4.69) is 4.74 Å². The Kier molecular flexibility index (Phi) is 2.32. The van der Waals surface area contributed by atoms with E-state index in [0.717, 1.165) is 0 Å². The molecule has 4 nitrogen and oxygen atoms in total. The lowest BCUT2D eigenvalue weighted by atomic mass is 10.1. The second-order valence-electron chi connectivity index (χ2n) is 3.44. The maximum atomic E-state index is 13.4. The van der Waals surface area contributed by atoms with Crippen molar-refractivity contribution in [1.29, 1.82) is 0 Å². The van der Waals surface area contributed by atoms with Crippen molar-refractivity contribution in [3.8, 4) is 0 Å². The third kappa shape index (κ3) is 1.66. The first-order valence-electron chi connectivity index (χ1n) is 4.51. The van der Waals surface area contributed by atoms with Crippen LogP contribution >= 0.6 is 0 Å². The maximum Gasteiger partial charge on any atom is 0.405 e. The normalized spacial score (nSPS) is 23.6. The predicted octanol–water partition coefficient (Wildman–Crippen LogP) is 0.879. The van der Waals surface area contributed by atoms with Gasteiger partial charge < -0.3 is 15.6 Å². The molecule has 80 valence electrons. The quantitative estimate of drug-likeness (QED) is 0.724. The third-order valence-electron chi connectivity index (χ3n) is 2.45. The lowest BCUT2D eigenvalue weighted by Gasteiger charge is -2.15. The number of amides is 1. The number of nitrogens with two attached hydrogens (primary N) is 1. The van der Waals surface area contributed by atoms with Crippen molar-refractivity contribution < 1.29 is 19.0 Å². The van der Waals surface area contributed by atoms with Crippen molar-refractivity contribution >= 4 is 6.09 Å². The molecular formula is C10H10FNO3. The van der Waals surface area contributed by atoms with Crippen LogP contribution in [0.1, 0.15) is 17.2 Å². The fraction of sp³-hybridized carbons (Fsp3) is 0.300. The van der Waals surface area contributed by atoms with Crippen LogP contribution in [0.2, 0.25) is 0 Å². The van der Waals surface area contributed by atoms with Crippen LogP contribution in [0.25, 0.3) is 0 Å². The number of aliphatic hydroxyl groups excluding tert-OH is 1. The Balaban J connectivity index is 2.39. The fourth-order valence-corrected chi connectivity index (χ4v) is 1.87. The van der Waals surface area contributed by atoms with Crippen LogP contribution in [0.5, 0.6) is 0 Å². The van der Waals surface area contributed by atoms with Crippen LogP contribution in [0, 0.1) is 5.82 Å². The molecule has 3 N–H and O–H groups in total. The van der Waals surface area contributed by atoms with E-state index in [9.17, 15) is 14.3 Å². The van der Waals surface area contributed by atoms with E-state index in [1.165, 1.54) is 6.07 Å². The molecule has 0 aromatic heterocycles. The van der Waals surface area contributed by atoms with Crippen LogP contribution in [-0.2, 0) is 11.2 Å².